The molecule has 0 radical (unpaired) electrons. The SMILES string of the molecule is CSC(=S)NN=Cc1cc2ccccc2cn1.CSC(=S)NN=Cc1nccc2ccccc12.[Zn+2]. The number of fused-ring (bicyclic) bond motifs is 2. The number of nitrogens with zero attached hydrogens (tertiary/aromatic N) is 4. The molecule has 0 saturated heterocycles. The molecule has 2 aromatic heterocycles. The Labute approximate surface area is 236 Å². The summed E-state index contributed by atoms with van der Waals surface area (Å²) >= 11 is 12.8. The van der Waals surface area contributed by atoms with Crippen molar-refractivity contribution in [2.24, 2.45) is 10.2 Å². The molecule has 0 saturated carbocycles. The van der Waals surface area contributed by atoms with Crippen LogP contribution in [0.15, 0.2) is 83.3 Å². The van der Waals surface area contributed by atoms with Gasteiger partial charge in [-0.2, -0.15) is 10.2 Å². The molecule has 0 aliphatic heterocycles. The van der Waals surface area contributed by atoms with Gasteiger partial charge in [-0.25, -0.2) is 0 Å². The second-order valence-electron chi connectivity index (χ2n) is 6.60. The van der Waals surface area contributed by atoms with Crippen LogP contribution in [0.3, 0.4) is 0 Å². The number of hydrazone groups is 2. The van der Waals surface area contributed by atoms with Crippen LogP contribution < -0.4 is 10.9 Å². The molecule has 0 aliphatic carbocycles. The number of nitrogens with one attached hydrogen (secondary N) is 2. The van der Waals surface area contributed by atoms with Crippen molar-refractivity contribution in [2.45, 2.75) is 0 Å². The van der Waals surface area contributed by atoms with Gasteiger partial charge >= 0.3 is 19.5 Å². The van der Waals surface area contributed by atoms with Crippen LogP contribution in [0.1, 0.15) is 11.4 Å². The minimum Gasteiger partial charge on any atom is -0.262 e. The van der Waals surface area contributed by atoms with E-state index >= 15 is 0 Å². The normalized spacial score (nSPS) is 10.6. The molecule has 2 aromatic carbocycles. The van der Waals surface area contributed by atoms with Crippen LogP contribution in [-0.4, -0.2) is 43.5 Å². The molecule has 11 heteroatoms. The Balaban J connectivity index is 0.000000240. The average molecular weight is 588 g/mol. The number of aromatic nitrogens is 2. The van der Waals surface area contributed by atoms with Gasteiger partial charge < -0.3 is 0 Å². The van der Waals surface area contributed by atoms with Crippen LogP contribution in [0.4, 0.5) is 0 Å². The van der Waals surface area contributed by atoms with E-state index in [9.17, 15) is 0 Å². The fourth-order valence-corrected chi connectivity index (χ4v) is 3.20. The first kappa shape index (κ1) is 28.9. The van der Waals surface area contributed by atoms with E-state index in [0.29, 0.717) is 8.64 Å². The van der Waals surface area contributed by atoms with Gasteiger partial charge in [0.05, 0.1) is 23.8 Å². The summed E-state index contributed by atoms with van der Waals surface area (Å²) in [5, 5.41) is 12.6. The molecule has 35 heavy (non-hydrogen) atoms. The van der Waals surface area contributed by atoms with Crippen LogP contribution in [0.25, 0.3) is 21.5 Å². The summed E-state index contributed by atoms with van der Waals surface area (Å²) in [7, 11) is 0. The van der Waals surface area contributed by atoms with Crippen molar-refractivity contribution in [3.8, 4) is 0 Å². The molecule has 6 nitrogen and oxygen atoms in total. The van der Waals surface area contributed by atoms with Gasteiger partial charge in [0.25, 0.3) is 0 Å². The van der Waals surface area contributed by atoms with Gasteiger partial charge in [0.15, 0.2) is 8.64 Å². The van der Waals surface area contributed by atoms with Crippen molar-refractivity contribution in [3.63, 3.8) is 0 Å². The molecule has 4 rings (SSSR count). The largest absolute Gasteiger partial charge is 2.00 e. The summed E-state index contributed by atoms with van der Waals surface area (Å²) in [5.41, 5.74) is 7.16. The molecule has 0 bridgehead atoms. The number of rotatable bonds is 4. The maximum Gasteiger partial charge on any atom is 2.00 e. The van der Waals surface area contributed by atoms with Crippen LogP contribution in [0.2, 0.25) is 0 Å². The maximum absolute atomic E-state index is 4.98. The van der Waals surface area contributed by atoms with Crippen LogP contribution in [0.5, 0.6) is 0 Å². The van der Waals surface area contributed by atoms with Gasteiger partial charge in [0.1, 0.15) is 0 Å². The zero-order valence-electron chi connectivity index (χ0n) is 19.2. The monoisotopic (exact) mass is 586 g/mol. The van der Waals surface area contributed by atoms with Crippen molar-refractivity contribution >= 4 is 90.6 Å². The first-order valence-electron chi connectivity index (χ1n) is 10.0. The summed E-state index contributed by atoms with van der Waals surface area (Å²) in [6.45, 7) is 0. The summed E-state index contributed by atoms with van der Waals surface area (Å²) in [6.07, 6.45) is 10.8. The van der Waals surface area contributed by atoms with Gasteiger partial charge in [0, 0.05) is 23.2 Å². The Morgan fingerprint density at radius 2 is 1.40 bits per heavy atom. The molecular weight excluding hydrogens is 566 g/mol. The first-order chi connectivity index (χ1) is 16.6. The van der Waals surface area contributed by atoms with Gasteiger partial charge in [-0.1, -0.05) is 96.5 Å². The van der Waals surface area contributed by atoms with Crippen molar-refractivity contribution < 1.29 is 19.5 Å². The quantitative estimate of drug-likeness (QED) is 0.138. The van der Waals surface area contributed by atoms with Gasteiger partial charge in [-0.3, -0.25) is 20.8 Å². The van der Waals surface area contributed by atoms with Crippen molar-refractivity contribution in [2.75, 3.05) is 12.5 Å². The minimum absolute atomic E-state index is 0. The summed E-state index contributed by atoms with van der Waals surface area (Å²) in [5.74, 6) is 0. The Hall–Kier alpha value is -2.30. The number of thiocarbonyl (C=S) groups is 2. The number of pyridine rings is 2. The van der Waals surface area contributed by atoms with E-state index in [1.54, 1.807) is 18.6 Å². The molecule has 0 fully saturated rings. The standard InChI is InChI=1S/2C12H11N3S2.Zn/c1-17-12(16)15-14-8-11-6-9-4-2-3-5-10(9)7-13-11;1-17-12(16)15-14-8-11-10-5-3-2-4-9(10)6-7-13-11;/h2*2-8H,1H3,(H,15,16);/q;;+2. The number of hydrogen-bond donors (Lipinski definition) is 2. The zero-order chi connectivity index (χ0) is 24.2. The summed E-state index contributed by atoms with van der Waals surface area (Å²) in [6, 6.07) is 20.1. The van der Waals surface area contributed by atoms with Crippen molar-refractivity contribution in [1.82, 2.24) is 20.8 Å². The van der Waals surface area contributed by atoms with E-state index in [4.69, 9.17) is 24.4 Å². The van der Waals surface area contributed by atoms with Crippen LogP contribution in [0, 0.1) is 0 Å². The van der Waals surface area contributed by atoms with E-state index in [0.717, 1.165) is 32.9 Å². The van der Waals surface area contributed by atoms with E-state index in [2.05, 4.69) is 31.0 Å². The second kappa shape index (κ2) is 15.6. The third-order valence-electron chi connectivity index (χ3n) is 4.42. The minimum atomic E-state index is 0. The molecule has 2 N–H and O–H groups in total. The molecular formula is C24H22N6S4Zn+2. The van der Waals surface area contributed by atoms with E-state index in [-0.39, 0.29) is 19.5 Å². The number of thioether (sulfide) groups is 2. The van der Waals surface area contributed by atoms with Crippen LogP contribution in [-0.2, 0) is 19.5 Å². The second-order valence-corrected chi connectivity index (χ2v) is 9.56. The predicted octanol–water partition coefficient (Wildman–Crippen LogP) is 5.61. The topological polar surface area (TPSA) is 74.6 Å². The van der Waals surface area contributed by atoms with Gasteiger partial charge in [-0.15, -0.1) is 0 Å². The Morgan fingerprint density at radius 1 is 0.800 bits per heavy atom. The van der Waals surface area contributed by atoms with E-state index in [1.165, 1.54) is 23.5 Å². The maximum atomic E-state index is 4.98. The van der Waals surface area contributed by atoms with Gasteiger partial charge in [0.2, 0.25) is 0 Å². The Kier molecular flexibility index (Phi) is 12.9. The fourth-order valence-electron chi connectivity index (χ4n) is 2.81. The van der Waals surface area contributed by atoms with Gasteiger partial charge in [-0.05, 0) is 35.4 Å². The molecule has 4 aromatic rings. The Morgan fingerprint density at radius 3 is 2.09 bits per heavy atom. The van der Waals surface area contributed by atoms with Crippen molar-refractivity contribution in [1.29, 1.82) is 0 Å². The number of benzene rings is 2. The molecule has 2 heterocycles. The molecule has 172 valence electrons. The molecule has 0 spiro atoms. The Bertz CT molecular complexity index is 1330. The zero-order valence-corrected chi connectivity index (χ0v) is 25.4. The van der Waals surface area contributed by atoms with Crippen molar-refractivity contribution in [3.05, 3.63) is 84.4 Å². The summed E-state index contributed by atoms with van der Waals surface area (Å²) in [4.78, 5) is 8.58. The van der Waals surface area contributed by atoms with E-state index in [1.807, 2.05) is 79.4 Å². The molecule has 0 aliphatic rings. The number of hydrogen-bond acceptors (Lipinski definition) is 8. The van der Waals surface area contributed by atoms with Crippen LogP contribution >= 0.6 is 48.0 Å². The average Bonchev–Trinajstić information content (AvgIpc) is 2.89. The summed E-state index contributed by atoms with van der Waals surface area (Å²) < 4.78 is 1.28. The third-order valence-corrected chi connectivity index (χ3v) is 6.53. The van der Waals surface area contributed by atoms with E-state index < -0.39 is 0 Å². The molecule has 0 unspecified atom stereocenters. The smallest absolute Gasteiger partial charge is 0.262 e. The first-order valence-corrected chi connectivity index (χ1v) is 13.3. The molecule has 0 amide bonds. The molecule has 0 atom stereocenters. The third kappa shape index (κ3) is 9.35. The fraction of sp³-hybridized carbons (Fsp3) is 0.0833. The predicted molar refractivity (Wildman–Crippen MR) is 157 cm³/mol.